The van der Waals surface area contributed by atoms with Gasteiger partial charge >= 0.3 is 0 Å². The third kappa shape index (κ3) is 4.97. The molecular weight excluding hydrogens is 715 g/mol. The van der Waals surface area contributed by atoms with E-state index in [4.69, 9.17) is 23.8 Å². The molecule has 0 bridgehead atoms. The standard InChI is InChI=1S/C51H29N5O2/c1-2-10-30(11-3-1)49-54-50(56-51(55-49)40-17-9-19-46-48(40)42-29-53-27-25-44(42)58-46)39-23-22-36(33-14-6-7-15-34(33)39)35-20-21-37(32-13-5-4-12-31(32)35)38-16-8-18-45-47(38)41-28-52-26-24-43(41)57-45/h1-29H. The average Bonchev–Trinajstić information content (AvgIpc) is 3.87. The molecule has 0 radical (unpaired) electrons. The lowest BCUT2D eigenvalue weighted by atomic mass is 9.88. The van der Waals surface area contributed by atoms with Crippen LogP contribution >= 0.6 is 0 Å². The van der Waals surface area contributed by atoms with Gasteiger partial charge in [0.2, 0.25) is 0 Å². The van der Waals surface area contributed by atoms with Crippen LogP contribution in [-0.2, 0) is 0 Å². The van der Waals surface area contributed by atoms with E-state index in [9.17, 15) is 0 Å². The molecule has 7 aromatic carbocycles. The summed E-state index contributed by atoms with van der Waals surface area (Å²) in [4.78, 5) is 24.3. The number of hydrogen-bond acceptors (Lipinski definition) is 7. The van der Waals surface area contributed by atoms with Crippen LogP contribution in [0.5, 0.6) is 0 Å². The Morgan fingerprint density at radius 2 is 0.741 bits per heavy atom. The molecule has 12 aromatic rings. The van der Waals surface area contributed by atoms with Crippen LogP contribution in [-0.4, -0.2) is 24.9 Å². The third-order valence-corrected chi connectivity index (χ3v) is 11.2. The maximum Gasteiger partial charge on any atom is 0.164 e. The van der Waals surface area contributed by atoms with Crippen molar-refractivity contribution in [2.24, 2.45) is 0 Å². The van der Waals surface area contributed by atoms with Crippen molar-refractivity contribution in [1.29, 1.82) is 0 Å². The number of aromatic nitrogens is 5. The van der Waals surface area contributed by atoms with Gasteiger partial charge in [0.05, 0.1) is 0 Å². The highest BCUT2D eigenvalue weighted by Crippen LogP contribution is 2.44. The summed E-state index contributed by atoms with van der Waals surface area (Å²) in [6, 6.07) is 52.1. The Kier molecular flexibility index (Phi) is 7.09. The molecule has 5 aromatic heterocycles. The van der Waals surface area contributed by atoms with E-state index in [1.807, 2.05) is 79.1 Å². The summed E-state index contributed by atoms with van der Waals surface area (Å²) in [5, 5.41) is 8.37. The summed E-state index contributed by atoms with van der Waals surface area (Å²) >= 11 is 0. The molecule has 0 spiro atoms. The predicted octanol–water partition coefficient (Wildman–Crippen LogP) is 13.1. The van der Waals surface area contributed by atoms with Crippen LogP contribution in [0.4, 0.5) is 0 Å². The first-order chi connectivity index (χ1) is 28.8. The topological polar surface area (TPSA) is 90.7 Å². The third-order valence-electron chi connectivity index (χ3n) is 11.2. The normalized spacial score (nSPS) is 11.8. The number of nitrogens with zero attached hydrogens (tertiary/aromatic N) is 5. The van der Waals surface area contributed by atoms with Crippen molar-refractivity contribution in [1.82, 2.24) is 24.9 Å². The first kappa shape index (κ1) is 32.2. The van der Waals surface area contributed by atoms with E-state index in [1.54, 1.807) is 12.4 Å². The molecule has 0 amide bonds. The lowest BCUT2D eigenvalue weighted by Crippen LogP contribution is -2.01. The summed E-state index contributed by atoms with van der Waals surface area (Å²) in [6.07, 6.45) is 7.24. The predicted molar refractivity (Wildman–Crippen MR) is 232 cm³/mol. The zero-order valence-electron chi connectivity index (χ0n) is 30.8. The van der Waals surface area contributed by atoms with Crippen molar-refractivity contribution in [2.75, 3.05) is 0 Å². The molecule has 0 saturated carbocycles. The van der Waals surface area contributed by atoms with Gasteiger partial charge in [-0.1, -0.05) is 121 Å². The second-order valence-electron chi connectivity index (χ2n) is 14.4. The summed E-state index contributed by atoms with van der Waals surface area (Å²) in [5.74, 6) is 1.74. The lowest BCUT2D eigenvalue weighted by Gasteiger charge is -2.16. The quantitative estimate of drug-likeness (QED) is 0.173. The van der Waals surface area contributed by atoms with E-state index in [1.165, 1.54) is 0 Å². The molecule has 5 heterocycles. The van der Waals surface area contributed by atoms with E-state index >= 15 is 0 Å². The van der Waals surface area contributed by atoms with Crippen LogP contribution in [0.1, 0.15) is 0 Å². The van der Waals surface area contributed by atoms with E-state index in [2.05, 4.69) is 94.9 Å². The molecule has 0 atom stereocenters. The molecule has 0 aliphatic rings. The first-order valence-corrected chi connectivity index (χ1v) is 19.1. The SMILES string of the molecule is c1ccc(-c2nc(-c3ccc(-c4ccc(-c5cccc6oc7ccncc7c56)c5ccccc45)c4ccccc34)nc(-c3cccc4oc5ccncc5c34)n2)cc1. The molecule has 0 aliphatic heterocycles. The number of pyridine rings is 2. The second-order valence-corrected chi connectivity index (χ2v) is 14.4. The van der Waals surface area contributed by atoms with Gasteiger partial charge in [-0.15, -0.1) is 0 Å². The van der Waals surface area contributed by atoms with Crippen molar-refractivity contribution in [3.63, 3.8) is 0 Å². The maximum atomic E-state index is 6.25. The van der Waals surface area contributed by atoms with Crippen molar-refractivity contribution >= 4 is 65.4 Å². The zero-order valence-corrected chi connectivity index (χ0v) is 30.8. The molecule has 7 heteroatoms. The van der Waals surface area contributed by atoms with Gasteiger partial charge in [0.25, 0.3) is 0 Å². The Balaban J connectivity index is 1.06. The molecular formula is C51H29N5O2. The van der Waals surface area contributed by atoms with Gasteiger partial charge in [0.15, 0.2) is 17.5 Å². The fourth-order valence-corrected chi connectivity index (χ4v) is 8.58. The molecule has 12 rings (SSSR count). The highest BCUT2D eigenvalue weighted by Gasteiger charge is 2.21. The minimum Gasteiger partial charge on any atom is -0.456 e. The minimum absolute atomic E-state index is 0.562. The fourth-order valence-electron chi connectivity index (χ4n) is 8.58. The molecule has 0 aliphatic carbocycles. The minimum atomic E-state index is 0.562. The van der Waals surface area contributed by atoms with Crippen molar-refractivity contribution in [3.05, 3.63) is 176 Å². The molecule has 0 saturated heterocycles. The van der Waals surface area contributed by atoms with Crippen molar-refractivity contribution in [2.45, 2.75) is 0 Å². The largest absolute Gasteiger partial charge is 0.456 e. The van der Waals surface area contributed by atoms with E-state index in [0.29, 0.717) is 17.5 Å². The van der Waals surface area contributed by atoms with Gasteiger partial charge in [-0.2, -0.15) is 0 Å². The van der Waals surface area contributed by atoms with Gasteiger partial charge < -0.3 is 8.83 Å². The molecule has 0 N–H and O–H groups in total. The fraction of sp³-hybridized carbons (Fsp3) is 0. The van der Waals surface area contributed by atoms with Gasteiger partial charge in [-0.25, -0.2) is 15.0 Å². The lowest BCUT2D eigenvalue weighted by molar-refractivity contribution is 0.668. The summed E-state index contributed by atoms with van der Waals surface area (Å²) in [5.41, 5.74) is 10.4. The van der Waals surface area contributed by atoms with E-state index < -0.39 is 0 Å². The van der Waals surface area contributed by atoms with Gasteiger partial charge in [-0.05, 0) is 74.1 Å². The second kappa shape index (κ2) is 12.8. The molecule has 58 heavy (non-hydrogen) atoms. The highest BCUT2D eigenvalue weighted by atomic mass is 16.3. The first-order valence-electron chi connectivity index (χ1n) is 19.1. The van der Waals surface area contributed by atoms with Gasteiger partial charge in [-0.3, -0.25) is 9.97 Å². The summed E-state index contributed by atoms with van der Waals surface area (Å²) in [7, 11) is 0. The number of rotatable bonds is 5. The summed E-state index contributed by atoms with van der Waals surface area (Å²) in [6.45, 7) is 0. The Morgan fingerprint density at radius 3 is 1.33 bits per heavy atom. The highest BCUT2D eigenvalue weighted by molar-refractivity contribution is 6.18. The molecule has 7 nitrogen and oxygen atoms in total. The summed E-state index contributed by atoms with van der Waals surface area (Å²) < 4.78 is 12.5. The number of benzene rings is 7. The van der Waals surface area contributed by atoms with Crippen molar-refractivity contribution in [3.8, 4) is 56.4 Å². The Morgan fingerprint density at radius 1 is 0.293 bits per heavy atom. The molecule has 0 unspecified atom stereocenters. The zero-order chi connectivity index (χ0) is 38.2. The molecule has 270 valence electrons. The Hall–Kier alpha value is -8.03. The number of fused-ring (bicyclic) bond motifs is 8. The van der Waals surface area contributed by atoms with Crippen LogP contribution < -0.4 is 0 Å². The monoisotopic (exact) mass is 743 g/mol. The maximum absolute atomic E-state index is 6.25. The average molecular weight is 744 g/mol. The van der Waals surface area contributed by atoms with Crippen molar-refractivity contribution < 1.29 is 8.83 Å². The van der Waals surface area contributed by atoms with Crippen LogP contribution in [0.15, 0.2) is 185 Å². The van der Waals surface area contributed by atoms with Crippen LogP contribution in [0.3, 0.4) is 0 Å². The van der Waals surface area contributed by atoms with E-state index in [-0.39, 0.29) is 0 Å². The number of furan rings is 2. The molecule has 0 fully saturated rings. The van der Waals surface area contributed by atoms with Gasteiger partial charge in [0.1, 0.15) is 22.3 Å². The Labute approximate surface area is 330 Å². The number of hydrogen-bond donors (Lipinski definition) is 0. The van der Waals surface area contributed by atoms with E-state index in [0.717, 1.165) is 104 Å². The van der Waals surface area contributed by atoms with Crippen LogP contribution in [0.25, 0.3) is 122 Å². The Bertz CT molecular complexity index is 3590. The van der Waals surface area contributed by atoms with Crippen LogP contribution in [0, 0.1) is 0 Å². The van der Waals surface area contributed by atoms with Crippen LogP contribution in [0.2, 0.25) is 0 Å². The smallest absolute Gasteiger partial charge is 0.164 e. The van der Waals surface area contributed by atoms with Gasteiger partial charge in [0, 0.05) is 63.0 Å².